The number of carboxylic acids is 1. The quantitative estimate of drug-likeness (QED) is 0.658. The van der Waals surface area contributed by atoms with Gasteiger partial charge in [-0.2, -0.15) is 26.3 Å². The molecule has 0 bridgehead atoms. The molecule has 23 heavy (non-hydrogen) atoms. The molecule has 0 spiro atoms. The average molecular weight is 348 g/mol. The van der Waals surface area contributed by atoms with Gasteiger partial charge in [-0.25, -0.2) is 4.79 Å². The molecule has 2 saturated carbocycles. The summed E-state index contributed by atoms with van der Waals surface area (Å²) >= 11 is 0. The summed E-state index contributed by atoms with van der Waals surface area (Å²) in [6.45, 7) is 1.53. The van der Waals surface area contributed by atoms with Crippen LogP contribution in [0.4, 0.5) is 26.3 Å². The van der Waals surface area contributed by atoms with Crippen LogP contribution in [-0.2, 0) is 9.59 Å². The normalized spacial score (nSPS) is 30.6. The number of carbonyl (C=O) groups is 2. The van der Waals surface area contributed by atoms with Gasteiger partial charge in [0.15, 0.2) is 0 Å². The molecule has 2 aliphatic carbocycles. The van der Waals surface area contributed by atoms with Crippen LogP contribution in [0.25, 0.3) is 0 Å². The zero-order valence-electron chi connectivity index (χ0n) is 11.6. The van der Waals surface area contributed by atoms with E-state index < -0.39 is 29.8 Å². The summed E-state index contributed by atoms with van der Waals surface area (Å²) in [6, 6.07) is 0. The summed E-state index contributed by atoms with van der Waals surface area (Å²) in [7, 11) is 0. The number of aliphatic carboxylic acids is 1. The van der Waals surface area contributed by atoms with Crippen LogP contribution in [0.5, 0.6) is 0 Å². The fraction of sp³-hybridized carbons (Fsp3) is 0.833. The first-order valence-electron chi connectivity index (χ1n) is 6.79. The molecule has 0 aromatic rings. The molecule has 3 atom stereocenters. The van der Waals surface area contributed by atoms with E-state index in [1.807, 2.05) is 0 Å². The Hall–Kier alpha value is -1.52. The van der Waals surface area contributed by atoms with Crippen molar-refractivity contribution in [3.8, 4) is 0 Å². The summed E-state index contributed by atoms with van der Waals surface area (Å²) in [6.07, 6.45) is -9.32. The first-order chi connectivity index (χ1) is 10.4. The maximum Gasteiger partial charge on any atom is 0.490 e. The molecule has 1 saturated heterocycles. The van der Waals surface area contributed by atoms with Gasteiger partial charge in [0.1, 0.15) is 5.54 Å². The van der Waals surface area contributed by atoms with Crippen LogP contribution in [0.2, 0.25) is 0 Å². The number of rotatable bonds is 2. The molecule has 3 N–H and O–H groups in total. The Labute approximate surface area is 126 Å². The number of hydrogen-bond donors (Lipinski definition) is 3. The maximum atomic E-state index is 12.6. The zero-order valence-corrected chi connectivity index (χ0v) is 11.6. The number of hydrogen-bond acceptors (Lipinski definition) is 3. The van der Waals surface area contributed by atoms with E-state index in [0.29, 0.717) is 0 Å². The largest absolute Gasteiger partial charge is 0.490 e. The number of piperidine rings is 1. The molecule has 3 rings (SSSR count). The van der Waals surface area contributed by atoms with Gasteiger partial charge in [-0.1, -0.05) is 0 Å². The SMILES string of the molecule is O=C(NC1(C(F)(F)F)CC1)C1[C@H]2CNC[C@@H]12.O=C(O)C(F)(F)F. The van der Waals surface area contributed by atoms with Crippen molar-refractivity contribution >= 4 is 11.9 Å². The Morgan fingerprint density at radius 2 is 1.48 bits per heavy atom. The molecular formula is C12H14F6N2O3. The first kappa shape index (κ1) is 17.8. The van der Waals surface area contributed by atoms with Crippen molar-refractivity contribution in [3.63, 3.8) is 0 Å². The van der Waals surface area contributed by atoms with Gasteiger partial charge in [-0.3, -0.25) is 4.79 Å². The number of amides is 1. The topological polar surface area (TPSA) is 78.4 Å². The summed E-state index contributed by atoms with van der Waals surface area (Å²) in [4.78, 5) is 20.6. The lowest BCUT2D eigenvalue weighted by Gasteiger charge is -2.21. The molecule has 3 fully saturated rings. The molecule has 5 nitrogen and oxygen atoms in total. The fourth-order valence-electron chi connectivity index (χ4n) is 2.73. The van der Waals surface area contributed by atoms with Crippen molar-refractivity contribution in [2.45, 2.75) is 30.7 Å². The minimum atomic E-state index is -5.08. The maximum absolute atomic E-state index is 12.6. The van der Waals surface area contributed by atoms with Gasteiger partial charge < -0.3 is 15.7 Å². The molecule has 132 valence electrons. The number of fused-ring (bicyclic) bond motifs is 1. The average Bonchev–Trinajstić information content (AvgIpc) is 3.26. The standard InChI is InChI=1S/C10H13F3N2O.C2HF3O2/c11-10(12,13)9(1-2-9)15-8(16)7-5-3-14-4-6(5)7;3-2(4,5)1(6)7/h5-7,14H,1-4H2,(H,15,16);(H,6,7)/t5-,6+,7?;. The molecule has 1 heterocycles. The number of alkyl halides is 6. The molecule has 0 radical (unpaired) electrons. The number of carboxylic acid groups (broad SMARTS) is 1. The monoisotopic (exact) mass is 348 g/mol. The highest BCUT2D eigenvalue weighted by Gasteiger charge is 2.66. The Kier molecular flexibility index (Phi) is 4.29. The van der Waals surface area contributed by atoms with Crippen molar-refractivity contribution in [2.75, 3.05) is 13.1 Å². The summed E-state index contributed by atoms with van der Waals surface area (Å²) in [5.74, 6) is -2.80. The predicted molar refractivity (Wildman–Crippen MR) is 63.2 cm³/mol. The van der Waals surface area contributed by atoms with Crippen molar-refractivity contribution in [3.05, 3.63) is 0 Å². The lowest BCUT2D eigenvalue weighted by molar-refractivity contribution is -0.192. The van der Waals surface area contributed by atoms with E-state index in [4.69, 9.17) is 9.90 Å². The van der Waals surface area contributed by atoms with Crippen molar-refractivity contribution in [2.24, 2.45) is 17.8 Å². The van der Waals surface area contributed by atoms with Crippen molar-refractivity contribution in [1.29, 1.82) is 0 Å². The van der Waals surface area contributed by atoms with E-state index in [2.05, 4.69) is 10.6 Å². The molecule has 3 aliphatic rings. The van der Waals surface area contributed by atoms with Gasteiger partial charge in [-0.05, 0) is 37.8 Å². The van der Waals surface area contributed by atoms with Crippen LogP contribution in [0.1, 0.15) is 12.8 Å². The Balaban J connectivity index is 0.000000236. The van der Waals surface area contributed by atoms with Gasteiger partial charge in [0.05, 0.1) is 0 Å². The molecule has 1 unspecified atom stereocenters. The van der Waals surface area contributed by atoms with Crippen LogP contribution in [0, 0.1) is 17.8 Å². The van der Waals surface area contributed by atoms with E-state index in [0.717, 1.165) is 13.1 Å². The molecule has 1 aliphatic heterocycles. The lowest BCUT2D eigenvalue weighted by atomic mass is 10.2. The van der Waals surface area contributed by atoms with Crippen LogP contribution in [0.3, 0.4) is 0 Å². The molecular weight excluding hydrogens is 334 g/mol. The van der Waals surface area contributed by atoms with Gasteiger partial charge >= 0.3 is 18.3 Å². The zero-order chi connectivity index (χ0) is 17.6. The van der Waals surface area contributed by atoms with Gasteiger partial charge in [0.25, 0.3) is 0 Å². The van der Waals surface area contributed by atoms with E-state index in [9.17, 15) is 31.1 Å². The van der Waals surface area contributed by atoms with Crippen LogP contribution in [-0.4, -0.2) is 48.0 Å². The minimum absolute atomic E-state index is 0.0303. The highest BCUT2D eigenvalue weighted by molar-refractivity contribution is 5.83. The number of halogens is 6. The second-order valence-corrected chi connectivity index (χ2v) is 5.88. The van der Waals surface area contributed by atoms with Crippen molar-refractivity contribution < 1.29 is 41.0 Å². The Morgan fingerprint density at radius 3 is 1.78 bits per heavy atom. The fourth-order valence-corrected chi connectivity index (χ4v) is 2.73. The summed E-state index contributed by atoms with van der Waals surface area (Å²) in [5, 5.41) is 12.4. The summed E-state index contributed by atoms with van der Waals surface area (Å²) in [5.41, 5.74) is -1.89. The van der Waals surface area contributed by atoms with Gasteiger partial charge in [0.2, 0.25) is 5.91 Å². The molecule has 11 heteroatoms. The third-order valence-corrected chi connectivity index (χ3v) is 4.29. The van der Waals surface area contributed by atoms with Gasteiger partial charge in [0, 0.05) is 5.92 Å². The second kappa shape index (κ2) is 5.53. The number of nitrogens with one attached hydrogen (secondary N) is 2. The van der Waals surface area contributed by atoms with Crippen LogP contribution < -0.4 is 10.6 Å². The molecule has 0 aromatic carbocycles. The lowest BCUT2D eigenvalue weighted by Crippen LogP contribution is -2.49. The first-order valence-corrected chi connectivity index (χ1v) is 6.79. The Bertz CT molecular complexity index is 490. The third kappa shape index (κ3) is 3.70. The third-order valence-electron chi connectivity index (χ3n) is 4.29. The van der Waals surface area contributed by atoms with Gasteiger partial charge in [-0.15, -0.1) is 0 Å². The second-order valence-electron chi connectivity index (χ2n) is 5.88. The highest BCUT2D eigenvalue weighted by atomic mass is 19.4. The molecule has 1 amide bonds. The molecule has 0 aromatic heterocycles. The van der Waals surface area contributed by atoms with E-state index >= 15 is 0 Å². The number of carbonyl (C=O) groups excluding carboxylic acids is 1. The predicted octanol–water partition coefficient (Wildman–Crippen LogP) is 1.30. The minimum Gasteiger partial charge on any atom is -0.475 e. The Morgan fingerprint density at radius 1 is 1.04 bits per heavy atom. The highest BCUT2D eigenvalue weighted by Crippen LogP contribution is 2.52. The van der Waals surface area contributed by atoms with E-state index in [1.54, 1.807) is 0 Å². The van der Waals surface area contributed by atoms with Crippen LogP contribution in [0.15, 0.2) is 0 Å². The van der Waals surface area contributed by atoms with E-state index in [1.165, 1.54) is 0 Å². The summed E-state index contributed by atoms with van der Waals surface area (Å²) < 4.78 is 69.5. The van der Waals surface area contributed by atoms with Crippen LogP contribution >= 0.6 is 0 Å². The smallest absolute Gasteiger partial charge is 0.475 e. The van der Waals surface area contributed by atoms with Crippen molar-refractivity contribution in [1.82, 2.24) is 10.6 Å². The van der Waals surface area contributed by atoms with E-state index in [-0.39, 0.29) is 30.6 Å².